The van der Waals surface area contributed by atoms with Crippen LogP contribution in [0, 0.1) is 0 Å². The lowest BCUT2D eigenvalue weighted by Crippen LogP contribution is -2.41. The Morgan fingerprint density at radius 2 is 1.63 bits per heavy atom. The first-order valence-corrected chi connectivity index (χ1v) is 13.6. The van der Waals surface area contributed by atoms with Crippen molar-refractivity contribution < 1.29 is 13.2 Å². The molecular weight excluding hydrogens is 505 g/mol. The molecule has 0 spiro atoms. The zero-order valence-electron chi connectivity index (χ0n) is 19.3. The first-order valence-electron chi connectivity index (χ1n) is 11.4. The fraction of sp³-hybridized carbons (Fsp3) is 0.269. The second-order valence-electron chi connectivity index (χ2n) is 8.50. The van der Waals surface area contributed by atoms with Gasteiger partial charge in [0.25, 0.3) is 10.0 Å². The fourth-order valence-electron chi connectivity index (χ4n) is 4.12. The number of amides is 1. The van der Waals surface area contributed by atoms with Crippen LogP contribution in [0.1, 0.15) is 31.4 Å². The molecule has 184 valence electrons. The van der Waals surface area contributed by atoms with E-state index in [4.69, 9.17) is 23.2 Å². The van der Waals surface area contributed by atoms with Gasteiger partial charge in [-0.2, -0.15) is 0 Å². The average molecular weight is 532 g/mol. The third kappa shape index (κ3) is 5.92. The summed E-state index contributed by atoms with van der Waals surface area (Å²) in [5.74, 6) is -0.438. The van der Waals surface area contributed by atoms with E-state index in [0.717, 1.165) is 23.0 Å². The van der Waals surface area contributed by atoms with E-state index in [1.807, 2.05) is 19.1 Å². The van der Waals surface area contributed by atoms with Crippen molar-refractivity contribution in [2.24, 2.45) is 0 Å². The van der Waals surface area contributed by atoms with Crippen LogP contribution in [-0.2, 0) is 14.8 Å². The van der Waals surface area contributed by atoms with Crippen molar-refractivity contribution in [2.75, 3.05) is 28.8 Å². The van der Waals surface area contributed by atoms with Crippen LogP contribution in [0.15, 0.2) is 77.7 Å². The van der Waals surface area contributed by atoms with Gasteiger partial charge in [0.15, 0.2) is 0 Å². The summed E-state index contributed by atoms with van der Waals surface area (Å²) in [5, 5.41) is 3.41. The summed E-state index contributed by atoms with van der Waals surface area (Å²) >= 11 is 12.2. The minimum absolute atomic E-state index is 0.0735. The number of halogens is 2. The van der Waals surface area contributed by atoms with Crippen molar-refractivity contribution in [1.29, 1.82) is 0 Å². The molecule has 6 nitrogen and oxygen atoms in total. The number of anilines is 2. The van der Waals surface area contributed by atoms with Crippen molar-refractivity contribution in [3.05, 3.63) is 88.4 Å². The second kappa shape index (κ2) is 10.9. The van der Waals surface area contributed by atoms with E-state index in [1.54, 1.807) is 18.2 Å². The van der Waals surface area contributed by atoms with Gasteiger partial charge in [-0.1, -0.05) is 53.5 Å². The van der Waals surface area contributed by atoms with Gasteiger partial charge in [-0.15, -0.1) is 0 Å². The monoisotopic (exact) mass is 531 g/mol. The molecule has 1 atom stereocenters. The van der Waals surface area contributed by atoms with Gasteiger partial charge < -0.3 is 10.2 Å². The van der Waals surface area contributed by atoms with Crippen LogP contribution < -0.4 is 14.5 Å². The molecule has 1 saturated heterocycles. The molecule has 0 radical (unpaired) electrons. The number of hydrogen-bond donors (Lipinski definition) is 1. The summed E-state index contributed by atoms with van der Waals surface area (Å²) in [7, 11) is -4.03. The first-order chi connectivity index (χ1) is 16.8. The van der Waals surface area contributed by atoms with Crippen LogP contribution in [0.3, 0.4) is 0 Å². The Hall–Kier alpha value is -2.74. The van der Waals surface area contributed by atoms with E-state index < -0.39 is 22.5 Å². The Labute approximate surface area is 216 Å². The largest absolute Gasteiger partial charge is 0.372 e. The number of nitrogens with one attached hydrogen (secondary N) is 1. The highest BCUT2D eigenvalue weighted by atomic mass is 35.5. The van der Waals surface area contributed by atoms with Crippen LogP contribution in [0.2, 0.25) is 10.0 Å². The van der Waals surface area contributed by atoms with E-state index in [-0.39, 0.29) is 21.6 Å². The molecule has 1 fully saturated rings. The number of carbonyl (C=O) groups is 1. The van der Waals surface area contributed by atoms with Gasteiger partial charge >= 0.3 is 0 Å². The Morgan fingerprint density at radius 1 is 0.971 bits per heavy atom. The summed E-state index contributed by atoms with van der Waals surface area (Å²) in [6.07, 6.45) is 2.41. The number of sulfonamides is 1. The summed E-state index contributed by atoms with van der Waals surface area (Å²) in [6, 6.07) is 20.3. The normalized spacial score (nSPS) is 14.5. The van der Waals surface area contributed by atoms with E-state index in [1.165, 1.54) is 48.9 Å². The van der Waals surface area contributed by atoms with Gasteiger partial charge in [-0.05, 0) is 67.8 Å². The van der Waals surface area contributed by atoms with E-state index in [2.05, 4.69) is 22.3 Å². The molecule has 0 bridgehead atoms. The molecule has 4 rings (SSSR count). The fourth-order valence-corrected chi connectivity index (χ4v) is 5.85. The molecule has 0 aliphatic carbocycles. The quantitative estimate of drug-likeness (QED) is 0.406. The van der Waals surface area contributed by atoms with Gasteiger partial charge in [0, 0.05) is 18.8 Å². The Morgan fingerprint density at radius 3 is 2.26 bits per heavy atom. The van der Waals surface area contributed by atoms with Gasteiger partial charge in [0.05, 0.1) is 26.7 Å². The highest BCUT2D eigenvalue weighted by molar-refractivity contribution is 7.92. The Kier molecular flexibility index (Phi) is 7.89. The number of benzene rings is 3. The van der Waals surface area contributed by atoms with Gasteiger partial charge in [0.2, 0.25) is 5.91 Å². The highest BCUT2D eigenvalue weighted by Gasteiger charge is 2.28. The maximum Gasteiger partial charge on any atom is 0.264 e. The lowest BCUT2D eigenvalue weighted by Gasteiger charge is -2.25. The predicted molar refractivity (Wildman–Crippen MR) is 142 cm³/mol. The second-order valence-corrected chi connectivity index (χ2v) is 11.2. The Balaban J connectivity index is 1.53. The topological polar surface area (TPSA) is 69.7 Å². The molecule has 1 aliphatic heterocycles. The molecule has 35 heavy (non-hydrogen) atoms. The number of rotatable bonds is 8. The van der Waals surface area contributed by atoms with Crippen LogP contribution in [0.25, 0.3) is 0 Å². The smallest absolute Gasteiger partial charge is 0.264 e. The lowest BCUT2D eigenvalue weighted by atomic mass is 10.1. The molecule has 1 N–H and O–H groups in total. The van der Waals surface area contributed by atoms with Crippen molar-refractivity contribution in [3.63, 3.8) is 0 Å². The van der Waals surface area contributed by atoms with Gasteiger partial charge in [0.1, 0.15) is 6.54 Å². The van der Waals surface area contributed by atoms with Crippen molar-refractivity contribution in [1.82, 2.24) is 5.32 Å². The average Bonchev–Trinajstić information content (AvgIpc) is 3.40. The van der Waals surface area contributed by atoms with Crippen LogP contribution in [-0.4, -0.2) is 34.0 Å². The zero-order chi connectivity index (χ0) is 25.0. The van der Waals surface area contributed by atoms with E-state index in [9.17, 15) is 13.2 Å². The molecule has 9 heteroatoms. The summed E-state index contributed by atoms with van der Waals surface area (Å²) < 4.78 is 27.9. The number of nitrogens with zero attached hydrogens (tertiary/aromatic N) is 2. The molecule has 1 heterocycles. The molecule has 3 aromatic rings. The summed E-state index contributed by atoms with van der Waals surface area (Å²) in [6.45, 7) is 3.58. The number of carbonyl (C=O) groups excluding carboxylic acids is 1. The number of hydrogen-bond acceptors (Lipinski definition) is 4. The van der Waals surface area contributed by atoms with Crippen molar-refractivity contribution in [3.8, 4) is 0 Å². The van der Waals surface area contributed by atoms with Crippen LogP contribution in [0.4, 0.5) is 11.4 Å². The Bertz CT molecular complexity index is 1280. The lowest BCUT2D eigenvalue weighted by molar-refractivity contribution is -0.120. The molecule has 1 amide bonds. The van der Waals surface area contributed by atoms with Gasteiger partial charge in [-0.25, -0.2) is 8.42 Å². The standard InChI is InChI=1S/C26H27Cl2N3O3S/c1-19(20-9-11-21(12-10-20)30-15-5-6-16-30)29-26(32)18-31(22-13-14-24(27)25(28)17-22)35(33,34)23-7-3-2-4-8-23/h2-4,7-14,17,19H,5-6,15-16,18H2,1H3,(H,29,32). The molecule has 0 saturated carbocycles. The van der Waals surface area contributed by atoms with Gasteiger partial charge in [-0.3, -0.25) is 9.10 Å². The van der Waals surface area contributed by atoms with Crippen molar-refractivity contribution >= 4 is 50.5 Å². The molecule has 3 aromatic carbocycles. The minimum atomic E-state index is -4.03. The molecule has 0 aromatic heterocycles. The third-order valence-electron chi connectivity index (χ3n) is 6.05. The third-order valence-corrected chi connectivity index (χ3v) is 8.58. The zero-order valence-corrected chi connectivity index (χ0v) is 21.7. The molecule has 1 unspecified atom stereocenters. The maximum atomic E-state index is 13.4. The molecule has 1 aliphatic rings. The summed E-state index contributed by atoms with van der Waals surface area (Å²) in [5.41, 5.74) is 2.36. The predicted octanol–water partition coefficient (Wildman–Crippen LogP) is 5.67. The van der Waals surface area contributed by atoms with E-state index >= 15 is 0 Å². The van der Waals surface area contributed by atoms with Crippen molar-refractivity contribution in [2.45, 2.75) is 30.7 Å². The maximum absolute atomic E-state index is 13.4. The minimum Gasteiger partial charge on any atom is -0.372 e. The summed E-state index contributed by atoms with van der Waals surface area (Å²) in [4.78, 5) is 15.4. The van der Waals surface area contributed by atoms with E-state index in [0.29, 0.717) is 5.02 Å². The highest BCUT2D eigenvalue weighted by Crippen LogP contribution is 2.30. The SMILES string of the molecule is CC(NC(=O)CN(c1ccc(Cl)c(Cl)c1)S(=O)(=O)c1ccccc1)c1ccc(N2CCCC2)cc1. The van der Waals surface area contributed by atoms with Crippen LogP contribution in [0.5, 0.6) is 0 Å². The first kappa shape index (κ1) is 25.4. The molecular formula is C26H27Cl2N3O3S. The van der Waals surface area contributed by atoms with Crippen LogP contribution >= 0.6 is 23.2 Å².